The first-order valence-corrected chi connectivity index (χ1v) is 10.5. The van der Waals surface area contributed by atoms with Gasteiger partial charge in [-0.1, -0.05) is 12.8 Å². The summed E-state index contributed by atoms with van der Waals surface area (Å²) in [5.41, 5.74) is 7.54. The van der Waals surface area contributed by atoms with Gasteiger partial charge in [0.15, 0.2) is 0 Å². The van der Waals surface area contributed by atoms with E-state index < -0.39 is 10.0 Å². The van der Waals surface area contributed by atoms with Gasteiger partial charge in [-0.3, -0.25) is 4.79 Å². The fourth-order valence-corrected chi connectivity index (χ4v) is 5.59. The molecule has 0 bridgehead atoms. The zero-order valence-electron chi connectivity index (χ0n) is 15.3. The lowest BCUT2D eigenvalue weighted by Gasteiger charge is -2.23. The van der Waals surface area contributed by atoms with Crippen LogP contribution in [0.3, 0.4) is 0 Å². The third-order valence-electron chi connectivity index (χ3n) is 5.45. The van der Waals surface area contributed by atoms with Crippen LogP contribution in [0, 0.1) is 5.92 Å². The minimum absolute atomic E-state index is 0. The lowest BCUT2D eigenvalue weighted by molar-refractivity contribution is -0.116. The number of hydrogen-bond acceptors (Lipinski definition) is 4. The molecular weight excluding hydrogens is 374 g/mol. The second kappa shape index (κ2) is 8.25. The molecule has 1 amide bonds. The number of carbonyl (C=O) groups is 1. The summed E-state index contributed by atoms with van der Waals surface area (Å²) in [5.74, 6) is 0.298. The Bertz CT molecular complexity index is 763. The molecule has 3 rings (SSSR count). The predicted molar refractivity (Wildman–Crippen MR) is 105 cm³/mol. The van der Waals surface area contributed by atoms with Crippen LogP contribution in [0.5, 0.6) is 0 Å². The van der Waals surface area contributed by atoms with Gasteiger partial charge in [-0.15, -0.1) is 12.4 Å². The quantitative estimate of drug-likeness (QED) is 0.791. The number of sulfonamides is 1. The molecule has 3 N–H and O–H groups in total. The van der Waals surface area contributed by atoms with Gasteiger partial charge < -0.3 is 10.6 Å². The number of rotatable bonds is 5. The van der Waals surface area contributed by atoms with E-state index in [0.29, 0.717) is 18.9 Å². The van der Waals surface area contributed by atoms with Crippen LogP contribution < -0.4 is 15.4 Å². The minimum atomic E-state index is -3.62. The average molecular weight is 402 g/mol. The number of nitrogens with two attached hydrogens (primary N) is 1. The molecule has 1 aromatic rings. The van der Waals surface area contributed by atoms with Crippen molar-refractivity contribution in [3.8, 4) is 0 Å². The van der Waals surface area contributed by atoms with Crippen molar-refractivity contribution in [2.45, 2.75) is 62.9 Å². The number of benzene rings is 1. The van der Waals surface area contributed by atoms with Gasteiger partial charge in [-0.2, -0.15) is 0 Å². The number of amides is 1. The van der Waals surface area contributed by atoms with E-state index in [-0.39, 0.29) is 35.3 Å². The smallest absolute Gasteiger partial charge is 0.240 e. The highest BCUT2D eigenvalue weighted by Gasteiger charge is 2.32. The summed E-state index contributed by atoms with van der Waals surface area (Å²) < 4.78 is 28.4. The largest absolute Gasteiger partial charge is 0.329 e. The zero-order valence-corrected chi connectivity index (χ0v) is 16.9. The Morgan fingerprint density at radius 2 is 2.00 bits per heavy atom. The maximum Gasteiger partial charge on any atom is 0.240 e. The molecule has 1 fully saturated rings. The van der Waals surface area contributed by atoms with Gasteiger partial charge in [0, 0.05) is 31.2 Å². The molecule has 1 heterocycles. The molecule has 2 aliphatic rings. The number of halogens is 1. The van der Waals surface area contributed by atoms with Gasteiger partial charge in [0.1, 0.15) is 0 Å². The molecule has 0 spiro atoms. The van der Waals surface area contributed by atoms with Crippen LogP contribution in [0.4, 0.5) is 5.69 Å². The van der Waals surface area contributed by atoms with Crippen molar-refractivity contribution < 1.29 is 13.2 Å². The van der Waals surface area contributed by atoms with E-state index in [1.807, 2.05) is 6.92 Å². The number of anilines is 1. The van der Waals surface area contributed by atoms with E-state index in [2.05, 4.69) is 4.72 Å². The summed E-state index contributed by atoms with van der Waals surface area (Å²) in [7, 11) is -3.62. The molecule has 2 atom stereocenters. The van der Waals surface area contributed by atoms with Crippen molar-refractivity contribution in [3.63, 3.8) is 0 Å². The van der Waals surface area contributed by atoms with Crippen molar-refractivity contribution in [3.05, 3.63) is 23.8 Å². The van der Waals surface area contributed by atoms with E-state index >= 15 is 0 Å². The van der Waals surface area contributed by atoms with E-state index in [0.717, 1.165) is 36.9 Å². The highest BCUT2D eigenvalue weighted by Crippen LogP contribution is 2.34. The standard InChI is InChI=1S/C18H27N3O3S.ClH/c1-12-9-15-10-16(7-8-18(15)21(12)13(2)22)25(23,24)20-17(11-19)14-5-3-4-6-14;/h7-8,10,12,14,17,20H,3-6,9,11,19H2,1-2H3;1H. The Morgan fingerprint density at radius 1 is 1.35 bits per heavy atom. The van der Waals surface area contributed by atoms with Crippen LogP contribution in [0.15, 0.2) is 23.1 Å². The Kier molecular flexibility index (Phi) is 6.71. The Balaban J connectivity index is 0.00000243. The molecule has 8 heteroatoms. The third-order valence-corrected chi connectivity index (χ3v) is 6.93. The Labute approximate surface area is 162 Å². The molecule has 0 radical (unpaired) electrons. The van der Waals surface area contributed by atoms with Gasteiger partial charge in [0.25, 0.3) is 0 Å². The first kappa shape index (κ1) is 21.2. The second-order valence-corrected chi connectivity index (χ2v) is 8.95. The summed E-state index contributed by atoms with van der Waals surface area (Å²) in [6.45, 7) is 3.81. The van der Waals surface area contributed by atoms with Crippen molar-refractivity contribution in [1.82, 2.24) is 4.72 Å². The normalized spacial score (nSPS) is 21.3. The van der Waals surface area contributed by atoms with Crippen LogP contribution in [0.2, 0.25) is 0 Å². The minimum Gasteiger partial charge on any atom is -0.329 e. The monoisotopic (exact) mass is 401 g/mol. The highest BCUT2D eigenvalue weighted by atomic mass is 35.5. The van der Waals surface area contributed by atoms with Crippen LogP contribution in [-0.4, -0.2) is 33.0 Å². The number of nitrogens with zero attached hydrogens (tertiary/aromatic N) is 1. The SMILES string of the molecule is CC(=O)N1c2ccc(S(=O)(=O)NC(CN)C3CCCC3)cc2CC1C.Cl. The summed E-state index contributed by atoms with van der Waals surface area (Å²) in [6, 6.07) is 4.85. The predicted octanol–water partition coefficient (Wildman–Crippen LogP) is 2.20. The molecule has 0 saturated heterocycles. The van der Waals surface area contributed by atoms with E-state index in [1.165, 1.54) is 6.92 Å². The van der Waals surface area contributed by atoms with E-state index in [4.69, 9.17) is 5.73 Å². The van der Waals surface area contributed by atoms with E-state index in [1.54, 1.807) is 23.1 Å². The van der Waals surface area contributed by atoms with Crippen LogP contribution in [0.1, 0.15) is 45.1 Å². The average Bonchev–Trinajstić information content (AvgIpc) is 3.18. The van der Waals surface area contributed by atoms with Crippen molar-refractivity contribution in [1.29, 1.82) is 0 Å². The number of carbonyl (C=O) groups excluding carboxylic acids is 1. The van der Waals surface area contributed by atoms with Gasteiger partial charge >= 0.3 is 0 Å². The maximum atomic E-state index is 12.8. The number of fused-ring (bicyclic) bond motifs is 1. The van der Waals surface area contributed by atoms with Gasteiger partial charge in [-0.25, -0.2) is 13.1 Å². The van der Waals surface area contributed by atoms with Crippen molar-refractivity contribution in [2.24, 2.45) is 11.7 Å². The number of hydrogen-bond donors (Lipinski definition) is 2. The molecule has 2 unspecified atom stereocenters. The molecule has 26 heavy (non-hydrogen) atoms. The lowest BCUT2D eigenvalue weighted by Crippen LogP contribution is -2.44. The molecule has 1 aromatic carbocycles. The van der Waals surface area contributed by atoms with Gasteiger partial charge in [0.05, 0.1) is 4.90 Å². The molecule has 146 valence electrons. The Morgan fingerprint density at radius 3 is 2.58 bits per heavy atom. The maximum absolute atomic E-state index is 12.8. The van der Waals surface area contributed by atoms with Crippen LogP contribution in [-0.2, 0) is 21.2 Å². The fraction of sp³-hybridized carbons (Fsp3) is 0.611. The molecular formula is C18H28ClN3O3S. The summed E-state index contributed by atoms with van der Waals surface area (Å²) in [6.07, 6.45) is 5.00. The third kappa shape index (κ3) is 4.06. The topological polar surface area (TPSA) is 92.5 Å². The fourth-order valence-electron chi connectivity index (χ4n) is 4.22. The molecule has 1 aliphatic carbocycles. The zero-order chi connectivity index (χ0) is 18.2. The molecule has 1 aliphatic heterocycles. The van der Waals surface area contributed by atoms with Gasteiger partial charge in [0.2, 0.25) is 15.9 Å². The first-order chi connectivity index (χ1) is 11.8. The summed E-state index contributed by atoms with van der Waals surface area (Å²) in [4.78, 5) is 13.8. The molecule has 1 saturated carbocycles. The summed E-state index contributed by atoms with van der Waals surface area (Å²) in [5, 5.41) is 0. The second-order valence-electron chi connectivity index (χ2n) is 7.24. The van der Waals surface area contributed by atoms with E-state index in [9.17, 15) is 13.2 Å². The first-order valence-electron chi connectivity index (χ1n) is 8.98. The van der Waals surface area contributed by atoms with Gasteiger partial charge in [-0.05, 0) is 55.9 Å². The van der Waals surface area contributed by atoms with Crippen molar-refractivity contribution >= 4 is 34.0 Å². The van der Waals surface area contributed by atoms with Crippen LogP contribution >= 0.6 is 12.4 Å². The lowest BCUT2D eigenvalue weighted by atomic mass is 9.99. The highest BCUT2D eigenvalue weighted by molar-refractivity contribution is 7.89. The molecule has 6 nitrogen and oxygen atoms in total. The van der Waals surface area contributed by atoms with Crippen molar-refractivity contribution in [2.75, 3.05) is 11.4 Å². The Hall–Kier alpha value is -1.15. The number of nitrogens with one attached hydrogen (secondary N) is 1. The van der Waals surface area contributed by atoms with Crippen LogP contribution in [0.25, 0.3) is 0 Å². The molecule has 0 aromatic heterocycles. The summed E-state index contributed by atoms with van der Waals surface area (Å²) >= 11 is 0.